The van der Waals surface area contributed by atoms with Crippen LogP contribution in [0.2, 0.25) is 0 Å². The maximum absolute atomic E-state index is 12.5. The van der Waals surface area contributed by atoms with E-state index in [2.05, 4.69) is 10.2 Å². The molecule has 0 radical (unpaired) electrons. The summed E-state index contributed by atoms with van der Waals surface area (Å²) in [6, 6.07) is 0. The average molecular weight is 226 g/mol. The van der Waals surface area contributed by atoms with Crippen molar-refractivity contribution >= 4 is 29.1 Å². The summed E-state index contributed by atoms with van der Waals surface area (Å²) < 4.78 is 25.3. The summed E-state index contributed by atoms with van der Waals surface area (Å²) >= 11 is 1.77. The van der Waals surface area contributed by atoms with Crippen LogP contribution in [0.3, 0.4) is 0 Å². The molecule has 0 unspecified atom stereocenters. The Morgan fingerprint density at radius 2 is 2.46 bits per heavy atom. The summed E-state index contributed by atoms with van der Waals surface area (Å²) in [6.45, 7) is 0. The number of carbonyl (C=O) groups is 1. The van der Waals surface area contributed by atoms with Crippen LogP contribution >= 0.6 is 23.1 Å². The zero-order valence-corrected chi connectivity index (χ0v) is 7.74. The van der Waals surface area contributed by atoms with Crippen molar-refractivity contribution < 1.29 is 18.7 Å². The molecule has 1 aromatic rings. The molecule has 13 heavy (non-hydrogen) atoms. The number of halogens is 2. The predicted octanol–water partition coefficient (Wildman–Crippen LogP) is 1.35. The van der Waals surface area contributed by atoms with Gasteiger partial charge in [0.05, 0.1) is 5.75 Å². The molecule has 0 aliphatic rings. The van der Waals surface area contributed by atoms with Crippen molar-refractivity contribution in [2.45, 2.75) is 10.3 Å². The average Bonchev–Trinajstić information content (AvgIpc) is 2.52. The second-order valence-corrected chi connectivity index (χ2v) is 4.06. The van der Waals surface area contributed by atoms with Gasteiger partial charge in [-0.2, -0.15) is 8.78 Å². The molecular weight excluding hydrogens is 222 g/mol. The lowest BCUT2D eigenvalue weighted by molar-refractivity contribution is -0.161. The molecule has 1 rings (SSSR count). The number of alkyl halides is 2. The van der Waals surface area contributed by atoms with E-state index < -0.39 is 17.6 Å². The maximum Gasteiger partial charge on any atom is 0.375 e. The highest BCUT2D eigenvalue weighted by molar-refractivity contribution is 8.01. The SMILES string of the molecule is O=C(O)C(F)(F)CSc1nncs1. The molecule has 0 fully saturated rings. The number of nitrogens with zero attached hydrogens (tertiary/aromatic N) is 2. The van der Waals surface area contributed by atoms with Gasteiger partial charge in [0.1, 0.15) is 5.51 Å². The standard InChI is InChI=1S/C5H4F2N2O2S2/c6-5(7,3(10)11)1-12-4-9-8-2-13-4/h2H,1H2,(H,10,11). The molecule has 0 saturated heterocycles. The van der Waals surface area contributed by atoms with E-state index in [0.29, 0.717) is 16.1 Å². The summed E-state index contributed by atoms with van der Waals surface area (Å²) in [7, 11) is 0. The van der Waals surface area contributed by atoms with Crippen LogP contribution in [0.25, 0.3) is 0 Å². The lowest BCUT2D eigenvalue weighted by Gasteiger charge is -2.07. The number of aromatic nitrogens is 2. The first kappa shape index (κ1) is 10.3. The quantitative estimate of drug-likeness (QED) is 0.785. The van der Waals surface area contributed by atoms with Crippen molar-refractivity contribution in [2.24, 2.45) is 0 Å². The second-order valence-electron chi connectivity index (χ2n) is 2.00. The zero-order valence-electron chi connectivity index (χ0n) is 6.11. The largest absolute Gasteiger partial charge is 0.477 e. The van der Waals surface area contributed by atoms with E-state index in [1.54, 1.807) is 0 Å². The van der Waals surface area contributed by atoms with Crippen LogP contribution in [-0.4, -0.2) is 32.9 Å². The highest BCUT2D eigenvalue weighted by atomic mass is 32.2. The first-order valence-corrected chi connectivity index (χ1v) is 4.89. The van der Waals surface area contributed by atoms with Crippen molar-refractivity contribution in [1.29, 1.82) is 0 Å². The number of hydrogen-bond donors (Lipinski definition) is 1. The second kappa shape index (κ2) is 3.97. The van der Waals surface area contributed by atoms with Gasteiger partial charge in [0.2, 0.25) is 0 Å². The van der Waals surface area contributed by atoms with Crippen molar-refractivity contribution in [2.75, 3.05) is 5.75 Å². The fraction of sp³-hybridized carbons (Fsp3) is 0.400. The number of carboxylic acids is 1. The molecule has 0 bridgehead atoms. The molecule has 0 aliphatic heterocycles. The molecule has 1 aromatic heterocycles. The Kier molecular flexibility index (Phi) is 3.15. The van der Waals surface area contributed by atoms with E-state index in [0.717, 1.165) is 11.3 Å². The van der Waals surface area contributed by atoms with E-state index in [4.69, 9.17) is 5.11 Å². The summed E-state index contributed by atoms with van der Waals surface area (Å²) in [5.41, 5.74) is 1.39. The van der Waals surface area contributed by atoms with Gasteiger partial charge in [0.25, 0.3) is 0 Å². The van der Waals surface area contributed by atoms with Gasteiger partial charge in [0, 0.05) is 0 Å². The number of hydrogen-bond acceptors (Lipinski definition) is 5. The first-order valence-electron chi connectivity index (χ1n) is 3.02. The lowest BCUT2D eigenvalue weighted by atomic mass is 10.4. The molecule has 0 amide bonds. The summed E-state index contributed by atoms with van der Waals surface area (Å²) in [6.07, 6.45) is 0. The topological polar surface area (TPSA) is 63.1 Å². The Labute approximate surface area is 80.0 Å². The molecule has 1 heterocycles. The summed E-state index contributed by atoms with van der Waals surface area (Å²) in [5.74, 6) is -6.65. The normalized spacial score (nSPS) is 11.5. The van der Waals surface area contributed by atoms with Crippen molar-refractivity contribution in [3.8, 4) is 0 Å². The van der Waals surface area contributed by atoms with Gasteiger partial charge >= 0.3 is 11.9 Å². The molecule has 8 heteroatoms. The van der Waals surface area contributed by atoms with Gasteiger partial charge in [-0.25, -0.2) is 4.79 Å². The minimum Gasteiger partial charge on any atom is -0.477 e. The first-order chi connectivity index (χ1) is 6.02. The Morgan fingerprint density at radius 3 is 2.92 bits per heavy atom. The highest BCUT2D eigenvalue weighted by Gasteiger charge is 2.38. The lowest BCUT2D eigenvalue weighted by Crippen LogP contribution is -2.30. The fourth-order valence-electron chi connectivity index (χ4n) is 0.440. The molecular formula is C5H4F2N2O2S2. The van der Waals surface area contributed by atoms with Crippen LogP contribution in [0.5, 0.6) is 0 Å². The van der Waals surface area contributed by atoms with Crippen LogP contribution in [0.1, 0.15) is 0 Å². The molecule has 1 N–H and O–H groups in total. The number of rotatable bonds is 4. The third-order valence-electron chi connectivity index (χ3n) is 1.03. The van der Waals surface area contributed by atoms with Gasteiger partial charge in [-0.15, -0.1) is 10.2 Å². The van der Waals surface area contributed by atoms with E-state index >= 15 is 0 Å². The Balaban J connectivity index is 2.47. The van der Waals surface area contributed by atoms with Crippen molar-refractivity contribution in [3.05, 3.63) is 5.51 Å². The van der Waals surface area contributed by atoms with E-state index in [1.165, 1.54) is 5.51 Å². The minimum absolute atomic E-state index is 0.334. The Bertz CT molecular complexity index is 291. The third kappa shape index (κ3) is 2.88. The van der Waals surface area contributed by atoms with Gasteiger partial charge < -0.3 is 5.11 Å². The van der Waals surface area contributed by atoms with Gasteiger partial charge in [-0.05, 0) is 0 Å². The van der Waals surface area contributed by atoms with E-state index in [1.807, 2.05) is 0 Å². The van der Waals surface area contributed by atoms with Gasteiger partial charge in [-0.1, -0.05) is 23.1 Å². The van der Waals surface area contributed by atoms with Crippen molar-refractivity contribution in [1.82, 2.24) is 10.2 Å². The van der Waals surface area contributed by atoms with Gasteiger partial charge in [-0.3, -0.25) is 0 Å². The summed E-state index contributed by atoms with van der Waals surface area (Å²) in [5, 5.41) is 15.0. The smallest absolute Gasteiger partial charge is 0.375 e. The number of aliphatic carboxylic acids is 1. The van der Waals surface area contributed by atoms with E-state index in [9.17, 15) is 13.6 Å². The zero-order chi connectivity index (χ0) is 9.90. The van der Waals surface area contributed by atoms with E-state index in [-0.39, 0.29) is 0 Å². The minimum atomic E-state index is -3.71. The Morgan fingerprint density at radius 1 is 1.77 bits per heavy atom. The van der Waals surface area contributed by atoms with Crippen LogP contribution in [0.4, 0.5) is 8.78 Å². The number of thioether (sulfide) groups is 1. The van der Waals surface area contributed by atoms with Crippen LogP contribution in [-0.2, 0) is 4.79 Å². The third-order valence-corrected chi connectivity index (χ3v) is 2.99. The maximum atomic E-state index is 12.5. The Hall–Kier alpha value is -0.760. The molecule has 72 valence electrons. The van der Waals surface area contributed by atoms with Crippen molar-refractivity contribution in [3.63, 3.8) is 0 Å². The van der Waals surface area contributed by atoms with Crippen LogP contribution in [0, 0.1) is 0 Å². The van der Waals surface area contributed by atoms with Crippen LogP contribution < -0.4 is 0 Å². The summed E-state index contributed by atoms with van der Waals surface area (Å²) in [4.78, 5) is 9.98. The number of carboxylic acid groups (broad SMARTS) is 1. The monoisotopic (exact) mass is 226 g/mol. The molecule has 0 spiro atoms. The molecule has 0 aliphatic carbocycles. The molecule has 4 nitrogen and oxygen atoms in total. The van der Waals surface area contributed by atoms with Gasteiger partial charge in [0.15, 0.2) is 4.34 Å². The molecule has 0 saturated carbocycles. The highest BCUT2D eigenvalue weighted by Crippen LogP contribution is 2.26. The fourth-order valence-corrected chi connectivity index (χ4v) is 1.83. The molecule has 0 atom stereocenters. The molecule has 0 aromatic carbocycles. The van der Waals surface area contributed by atoms with Crippen LogP contribution in [0.15, 0.2) is 9.85 Å². The predicted molar refractivity (Wildman–Crippen MR) is 43.2 cm³/mol.